The van der Waals surface area contributed by atoms with E-state index < -0.39 is 0 Å². The molecule has 0 radical (unpaired) electrons. The van der Waals surface area contributed by atoms with E-state index in [4.69, 9.17) is 47.1 Å². The molecule has 12 heteroatoms. The lowest BCUT2D eigenvalue weighted by Crippen LogP contribution is -2.52. The summed E-state index contributed by atoms with van der Waals surface area (Å²) in [4.78, 5) is 21.6. The number of aromatic nitrogens is 2. The first-order chi connectivity index (χ1) is 19.4. The van der Waals surface area contributed by atoms with E-state index in [1.807, 2.05) is 12.1 Å². The molecule has 5 rings (SSSR count). The number of carbonyl (C=O) groups excluding carboxylic acids is 1. The zero-order chi connectivity index (χ0) is 28.2. The van der Waals surface area contributed by atoms with E-state index in [2.05, 4.69) is 27.5 Å². The number of fused-ring (bicyclic) bond motifs is 1. The number of amides is 1. The van der Waals surface area contributed by atoms with Crippen LogP contribution < -0.4 is 25.4 Å². The minimum Gasteiger partial charge on any atom is -0.495 e. The quantitative estimate of drug-likeness (QED) is 0.294. The molecule has 2 aromatic heterocycles. The van der Waals surface area contributed by atoms with Crippen LogP contribution in [0.4, 0.5) is 11.6 Å². The van der Waals surface area contributed by atoms with Crippen LogP contribution in [-0.2, 0) is 14.3 Å². The fourth-order valence-electron chi connectivity index (χ4n) is 4.73. The first-order valence-corrected chi connectivity index (χ1v) is 13.7. The van der Waals surface area contributed by atoms with Crippen molar-refractivity contribution in [2.24, 2.45) is 5.92 Å². The predicted octanol–water partition coefficient (Wildman–Crippen LogP) is 4.55. The number of rotatable bonds is 10. The number of methoxy groups -OCH3 is 2. The smallest absolute Gasteiger partial charge is 0.243 e. The summed E-state index contributed by atoms with van der Waals surface area (Å²) in [6, 6.07) is 5.17. The van der Waals surface area contributed by atoms with Crippen molar-refractivity contribution < 1.29 is 23.7 Å². The SMILES string of the molecule is C=CC(=O)N[C@H]1CCOC[C@H]1Nc1cc2c(NCC3COC3)nc(-c3c(Cl)c(OC)cc(OC)c3Cl)cc2cn1. The Bertz CT molecular complexity index is 1390. The summed E-state index contributed by atoms with van der Waals surface area (Å²) in [5.74, 6) is 2.29. The molecule has 2 aliphatic heterocycles. The van der Waals surface area contributed by atoms with Gasteiger partial charge in [-0.3, -0.25) is 4.79 Å². The van der Waals surface area contributed by atoms with E-state index in [1.165, 1.54) is 20.3 Å². The maximum atomic E-state index is 12.0. The third kappa shape index (κ3) is 5.90. The normalized spacial score (nSPS) is 19.0. The topological polar surface area (TPSA) is 116 Å². The largest absolute Gasteiger partial charge is 0.495 e. The monoisotopic (exact) mass is 587 g/mol. The second kappa shape index (κ2) is 12.5. The standard InChI is InChI=1S/C28H31Cl2N5O5/c1-4-24(36)34-18-5-6-39-14-20(18)33-23-8-17-16(11-31-23)7-19(35-28(17)32-10-15-12-40-13-15)25-26(29)21(37-2)9-22(38-3)27(25)30/h4,7-9,11,15,18,20H,1,5-6,10,12-14H2,2-3H3,(H,31,33)(H,32,35)(H,34,36)/t18-,20+/m0/s1. The van der Waals surface area contributed by atoms with Crippen LogP contribution in [0.5, 0.6) is 11.5 Å². The summed E-state index contributed by atoms with van der Waals surface area (Å²) in [6.07, 6.45) is 3.71. The fraction of sp³-hybridized carbons (Fsp3) is 0.393. The van der Waals surface area contributed by atoms with Gasteiger partial charge in [-0.25, -0.2) is 9.97 Å². The van der Waals surface area contributed by atoms with E-state index in [0.29, 0.717) is 89.7 Å². The van der Waals surface area contributed by atoms with Crippen molar-refractivity contribution in [2.45, 2.75) is 18.5 Å². The number of pyridine rings is 2. The molecule has 4 heterocycles. The van der Waals surface area contributed by atoms with Gasteiger partial charge in [0.1, 0.15) is 23.1 Å². The minimum absolute atomic E-state index is 0.124. The van der Waals surface area contributed by atoms with Gasteiger partial charge in [0.2, 0.25) is 5.91 Å². The highest BCUT2D eigenvalue weighted by molar-refractivity contribution is 6.41. The molecule has 10 nitrogen and oxygen atoms in total. The molecule has 1 aromatic carbocycles. The molecule has 2 aliphatic rings. The van der Waals surface area contributed by atoms with Crippen molar-refractivity contribution in [3.05, 3.63) is 47.1 Å². The van der Waals surface area contributed by atoms with Crippen LogP contribution >= 0.6 is 23.2 Å². The second-order valence-corrected chi connectivity index (χ2v) is 10.4. The Morgan fingerprint density at radius 3 is 2.50 bits per heavy atom. The van der Waals surface area contributed by atoms with Gasteiger partial charge in [-0.15, -0.1) is 0 Å². The van der Waals surface area contributed by atoms with Gasteiger partial charge >= 0.3 is 0 Å². The van der Waals surface area contributed by atoms with Crippen LogP contribution in [0.25, 0.3) is 22.0 Å². The van der Waals surface area contributed by atoms with Crippen molar-refractivity contribution in [1.82, 2.24) is 15.3 Å². The first-order valence-electron chi connectivity index (χ1n) is 12.9. The summed E-state index contributed by atoms with van der Waals surface area (Å²) in [7, 11) is 3.06. The second-order valence-electron chi connectivity index (χ2n) is 9.65. The molecule has 3 aromatic rings. The van der Waals surface area contributed by atoms with Gasteiger partial charge in [-0.05, 0) is 24.6 Å². The minimum atomic E-state index is -0.222. The summed E-state index contributed by atoms with van der Waals surface area (Å²) < 4.78 is 21.9. The Kier molecular flexibility index (Phi) is 8.80. The molecule has 212 valence electrons. The van der Waals surface area contributed by atoms with Crippen LogP contribution in [-0.4, -0.2) is 75.2 Å². The number of nitrogens with one attached hydrogen (secondary N) is 3. The van der Waals surface area contributed by atoms with Gasteiger partial charge in [-0.1, -0.05) is 29.8 Å². The first kappa shape index (κ1) is 28.2. The summed E-state index contributed by atoms with van der Waals surface area (Å²) >= 11 is 13.4. The van der Waals surface area contributed by atoms with E-state index in [0.717, 1.165) is 10.8 Å². The predicted molar refractivity (Wildman–Crippen MR) is 156 cm³/mol. The van der Waals surface area contributed by atoms with Gasteiger partial charge in [0, 0.05) is 47.7 Å². The van der Waals surface area contributed by atoms with E-state index in [9.17, 15) is 4.79 Å². The number of halogens is 2. The van der Waals surface area contributed by atoms with Gasteiger partial charge in [0.05, 0.1) is 61.9 Å². The lowest BCUT2D eigenvalue weighted by molar-refractivity contribution is -0.117. The summed E-state index contributed by atoms with van der Waals surface area (Å²) in [5.41, 5.74) is 1.04. The number of hydrogen-bond acceptors (Lipinski definition) is 9. The summed E-state index contributed by atoms with van der Waals surface area (Å²) in [5, 5.41) is 12.2. The highest BCUT2D eigenvalue weighted by atomic mass is 35.5. The van der Waals surface area contributed by atoms with Crippen molar-refractivity contribution in [3.63, 3.8) is 0 Å². The van der Waals surface area contributed by atoms with Crippen LogP contribution in [0.3, 0.4) is 0 Å². The maximum Gasteiger partial charge on any atom is 0.243 e. The van der Waals surface area contributed by atoms with E-state index in [-0.39, 0.29) is 18.0 Å². The average Bonchev–Trinajstić information content (AvgIpc) is 2.93. The molecular weight excluding hydrogens is 557 g/mol. The molecule has 1 amide bonds. The Balaban J connectivity index is 1.54. The molecule has 0 unspecified atom stereocenters. The molecule has 0 aliphatic carbocycles. The van der Waals surface area contributed by atoms with Crippen LogP contribution in [0.15, 0.2) is 37.1 Å². The molecule has 0 bridgehead atoms. The number of carbonyl (C=O) groups is 1. The zero-order valence-corrected chi connectivity index (χ0v) is 23.8. The number of benzene rings is 1. The Morgan fingerprint density at radius 1 is 1.10 bits per heavy atom. The average molecular weight is 588 g/mol. The van der Waals surface area contributed by atoms with E-state index >= 15 is 0 Å². The van der Waals surface area contributed by atoms with Gasteiger partial charge in [-0.2, -0.15) is 0 Å². The fourth-order valence-corrected chi connectivity index (χ4v) is 5.42. The van der Waals surface area contributed by atoms with Crippen molar-refractivity contribution >= 4 is 51.5 Å². The third-order valence-corrected chi connectivity index (χ3v) is 7.76. The van der Waals surface area contributed by atoms with Crippen molar-refractivity contribution in [1.29, 1.82) is 0 Å². The van der Waals surface area contributed by atoms with Crippen LogP contribution in [0.1, 0.15) is 6.42 Å². The molecule has 0 saturated carbocycles. The number of ether oxygens (including phenoxy) is 4. The number of nitrogens with zero attached hydrogens (tertiary/aromatic N) is 2. The van der Waals surface area contributed by atoms with Crippen LogP contribution in [0, 0.1) is 5.92 Å². The molecule has 2 fully saturated rings. The lowest BCUT2D eigenvalue weighted by atomic mass is 10.0. The Hall–Kier alpha value is -3.31. The highest BCUT2D eigenvalue weighted by Gasteiger charge is 2.28. The number of anilines is 2. The lowest BCUT2D eigenvalue weighted by Gasteiger charge is -2.32. The molecule has 2 saturated heterocycles. The maximum absolute atomic E-state index is 12.0. The van der Waals surface area contributed by atoms with Crippen molar-refractivity contribution in [3.8, 4) is 22.8 Å². The van der Waals surface area contributed by atoms with Gasteiger partial charge < -0.3 is 34.9 Å². The van der Waals surface area contributed by atoms with Crippen LogP contribution in [0.2, 0.25) is 10.0 Å². The van der Waals surface area contributed by atoms with Gasteiger partial charge in [0.25, 0.3) is 0 Å². The highest BCUT2D eigenvalue weighted by Crippen LogP contribution is 2.46. The number of hydrogen-bond donors (Lipinski definition) is 3. The Labute approximate surface area is 242 Å². The van der Waals surface area contributed by atoms with Crippen molar-refractivity contribution in [2.75, 3.05) is 57.8 Å². The molecule has 0 spiro atoms. The Morgan fingerprint density at radius 2 is 1.85 bits per heavy atom. The van der Waals surface area contributed by atoms with E-state index in [1.54, 1.807) is 12.3 Å². The zero-order valence-electron chi connectivity index (χ0n) is 22.3. The molecule has 2 atom stereocenters. The summed E-state index contributed by atoms with van der Waals surface area (Å²) in [6.45, 7) is 6.63. The molecule has 40 heavy (non-hydrogen) atoms. The molecule has 3 N–H and O–H groups in total. The molecular formula is C28H31Cl2N5O5. The third-order valence-electron chi connectivity index (χ3n) is 7.01. The van der Waals surface area contributed by atoms with Gasteiger partial charge in [0.15, 0.2) is 0 Å².